The number of nitrogens with one attached hydrogen (secondary N) is 1. The van der Waals surface area contributed by atoms with Gasteiger partial charge in [-0.1, -0.05) is 46.3 Å². The van der Waals surface area contributed by atoms with Gasteiger partial charge in [0.25, 0.3) is 0 Å². The lowest BCUT2D eigenvalue weighted by molar-refractivity contribution is 0.103. The molecule has 5 rings (SSSR count). The molecule has 1 N–H and O–H groups in total. The molecular formula is C23H15BrFN5O. The Kier molecular flexibility index (Phi) is 4.71. The highest BCUT2D eigenvalue weighted by Gasteiger charge is 2.17. The number of aryl methyl sites for hydroxylation is 1. The molecule has 2 heterocycles. The summed E-state index contributed by atoms with van der Waals surface area (Å²) in [5.74, 6) is 0.498. The summed E-state index contributed by atoms with van der Waals surface area (Å²) in [6.07, 6.45) is 0. The van der Waals surface area contributed by atoms with Crippen LogP contribution in [0.5, 0.6) is 0 Å². The molecule has 2 aromatic heterocycles. The van der Waals surface area contributed by atoms with Gasteiger partial charge in [0.1, 0.15) is 11.6 Å². The number of carbonyl (C=O) groups is 1. The van der Waals surface area contributed by atoms with Crippen LogP contribution in [0.25, 0.3) is 16.7 Å². The van der Waals surface area contributed by atoms with E-state index in [0.29, 0.717) is 43.9 Å². The van der Waals surface area contributed by atoms with Gasteiger partial charge in [0.2, 0.25) is 5.65 Å². The predicted octanol–water partition coefficient (Wildman–Crippen LogP) is 5.46. The number of ketones is 1. The first kappa shape index (κ1) is 19.3. The molecule has 0 aliphatic heterocycles. The molecule has 0 saturated carbocycles. The average Bonchev–Trinajstić information content (AvgIpc) is 3.18. The summed E-state index contributed by atoms with van der Waals surface area (Å²) in [5, 5.41) is 11.4. The quantitative estimate of drug-likeness (QED) is 0.349. The summed E-state index contributed by atoms with van der Waals surface area (Å²) in [6.45, 7) is 1.81. The van der Waals surface area contributed by atoms with Crippen LogP contribution in [0.1, 0.15) is 21.7 Å². The van der Waals surface area contributed by atoms with Crippen molar-refractivity contribution in [3.63, 3.8) is 0 Å². The maximum absolute atomic E-state index is 14.4. The van der Waals surface area contributed by atoms with Gasteiger partial charge in [-0.2, -0.15) is 0 Å². The number of hydrogen-bond donors (Lipinski definition) is 1. The summed E-state index contributed by atoms with van der Waals surface area (Å²) in [6, 6.07) is 19.1. The number of anilines is 2. The van der Waals surface area contributed by atoms with Crippen molar-refractivity contribution in [3.05, 3.63) is 94.0 Å². The first-order valence-corrected chi connectivity index (χ1v) is 10.3. The summed E-state index contributed by atoms with van der Waals surface area (Å²) in [4.78, 5) is 17.5. The van der Waals surface area contributed by atoms with Crippen molar-refractivity contribution in [1.29, 1.82) is 0 Å². The molecule has 0 fully saturated rings. The Balaban J connectivity index is 1.66. The van der Waals surface area contributed by atoms with Crippen LogP contribution in [0.3, 0.4) is 0 Å². The summed E-state index contributed by atoms with van der Waals surface area (Å²) >= 11 is 3.26. The van der Waals surface area contributed by atoms with Crippen LogP contribution in [0.15, 0.2) is 71.2 Å². The Bertz CT molecular complexity index is 1470. The third kappa shape index (κ3) is 3.44. The highest BCUT2D eigenvalue weighted by Crippen LogP contribution is 2.28. The Labute approximate surface area is 184 Å². The van der Waals surface area contributed by atoms with E-state index in [1.54, 1.807) is 42.5 Å². The second-order valence-corrected chi connectivity index (χ2v) is 7.93. The third-order valence-electron chi connectivity index (χ3n) is 4.97. The molecule has 5 aromatic rings. The maximum atomic E-state index is 14.4. The molecule has 8 heteroatoms. The Morgan fingerprint density at radius 1 is 1.00 bits per heavy atom. The SMILES string of the molecule is Cc1nnc2c(Nc3ccc(Br)cc3F)nc3ccc(C(=O)c4ccccc4)cc3n12. The highest BCUT2D eigenvalue weighted by atomic mass is 79.9. The Morgan fingerprint density at radius 3 is 2.58 bits per heavy atom. The molecule has 3 aromatic carbocycles. The molecule has 0 aliphatic carbocycles. The smallest absolute Gasteiger partial charge is 0.204 e. The van der Waals surface area contributed by atoms with E-state index in [4.69, 9.17) is 0 Å². The van der Waals surface area contributed by atoms with Crippen LogP contribution >= 0.6 is 15.9 Å². The number of fused-ring (bicyclic) bond motifs is 3. The van der Waals surface area contributed by atoms with Crippen molar-refractivity contribution in [3.8, 4) is 0 Å². The molecule has 152 valence electrons. The normalized spacial score (nSPS) is 11.2. The summed E-state index contributed by atoms with van der Waals surface area (Å²) in [5.41, 5.74) is 3.18. The highest BCUT2D eigenvalue weighted by molar-refractivity contribution is 9.10. The lowest BCUT2D eigenvalue weighted by Gasteiger charge is -2.11. The van der Waals surface area contributed by atoms with Gasteiger partial charge >= 0.3 is 0 Å². The Morgan fingerprint density at radius 2 is 1.81 bits per heavy atom. The van der Waals surface area contributed by atoms with Gasteiger partial charge in [-0.15, -0.1) is 10.2 Å². The van der Waals surface area contributed by atoms with E-state index >= 15 is 0 Å². The molecule has 0 saturated heterocycles. The van der Waals surface area contributed by atoms with Crippen molar-refractivity contribution in [1.82, 2.24) is 19.6 Å². The number of nitrogens with zero attached hydrogens (tertiary/aromatic N) is 4. The van der Waals surface area contributed by atoms with E-state index in [0.717, 1.165) is 0 Å². The van der Waals surface area contributed by atoms with E-state index < -0.39 is 5.82 Å². The molecule has 0 spiro atoms. The first-order valence-electron chi connectivity index (χ1n) is 9.48. The van der Waals surface area contributed by atoms with Crippen LogP contribution in [0.2, 0.25) is 0 Å². The maximum Gasteiger partial charge on any atom is 0.204 e. The van der Waals surface area contributed by atoms with Crippen molar-refractivity contribution in [2.75, 3.05) is 5.32 Å². The van der Waals surface area contributed by atoms with E-state index in [9.17, 15) is 9.18 Å². The van der Waals surface area contributed by atoms with Crippen molar-refractivity contribution < 1.29 is 9.18 Å². The van der Waals surface area contributed by atoms with E-state index in [2.05, 4.69) is 36.4 Å². The largest absolute Gasteiger partial charge is 0.335 e. The Hall–Kier alpha value is -3.65. The molecule has 0 aliphatic rings. The minimum absolute atomic E-state index is 0.0829. The third-order valence-corrected chi connectivity index (χ3v) is 5.46. The standard InChI is InChI=1S/C23H15BrFN5O/c1-13-28-29-23-22(26-18-10-8-16(24)12-17(18)25)27-19-9-7-15(11-20(19)30(13)23)21(31)14-5-3-2-4-6-14/h2-12H,1H3,(H,26,27). The minimum Gasteiger partial charge on any atom is -0.335 e. The molecule has 0 bridgehead atoms. The second kappa shape index (κ2) is 7.55. The number of halogens is 2. The first-order chi connectivity index (χ1) is 15.0. The monoisotopic (exact) mass is 475 g/mol. The lowest BCUT2D eigenvalue weighted by atomic mass is 10.0. The fourth-order valence-electron chi connectivity index (χ4n) is 3.47. The zero-order valence-corrected chi connectivity index (χ0v) is 17.9. The molecule has 0 atom stereocenters. The predicted molar refractivity (Wildman–Crippen MR) is 120 cm³/mol. The lowest BCUT2D eigenvalue weighted by Crippen LogP contribution is -2.05. The molecule has 31 heavy (non-hydrogen) atoms. The number of hydrogen-bond acceptors (Lipinski definition) is 5. The summed E-state index contributed by atoms with van der Waals surface area (Å²) < 4.78 is 16.8. The van der Waals surface area contributed by atoms with Crippen LogP contribution in [0.4, 0.5) is 15.9 Å². The zero-order valence-electron chi connectivity index (χ0n) is 16.3. The van der Waals surface area contributed by atoms with Gasteiger partial charge in [0.05, 0.1) is 16.7 Å². The molecule has 0 unspecified atom stereocenters. The van der Waals surface area contributed by atoms with Gasteiger partial charge < -0.3 is 5.32 Å². The van der Waals surface area contributed by atoms with E-state index in [-0.39, 0.29) is 11.5 Å². The van der Waals surface area contributed by atoms with E-state index in [1.165, 1.54) is 6.07 Å². The number of rotatable bonds is 4. The van der Waals surface area contributed by atoms with Crippen LogP contribution in [-0.4, -0.2) is 25.4 Å². The zero-order chi connectivity index (χ0) is 21.5. The summed E-state index contributed by atoms with van der Waals surface area (Å²) in [7, 11) is 0. The molecule has 0 amide bonds. The average molecular weight is 476 g/mol. The van der Waals surface area contributed by atoms with E-state index in [1.807, 2.05) is 29.5 Å². The molecule has 0 radical (unpaired) electrons. The van der Waals surface area contributed by atoms with Crippen LogP contribution in [0, 0.1) is 12.7 Å². The number of carbonyl (C=O) groups excluding carboxylic acids is 1. The van der Waals surface area contributed by atoms with Gasteiger partial charge in [-0.25, -0.2) is 9.37 Å². The van der Waals surface area contributed by atoms with Gasteiger partial charge in [-0.05, 0) is 43.3 Å². The van der Waals surface area contributed by atoms with Crippen LogP contribution in [-0.2, 0) is 0 Å². The van der Waals surface area contributed by atoms with Crippen molar-refractivity contribution >= 4 is 49.9 Å². The fraction of sp³-hybridized carbons (Fsp3) is 0.0435. The van der Waals surface area contributed by atoms with Crippen molar-refractivity contribution in [2.45, 2.75) is 6.92 Å². The van der Waals surface area contributed by atoms with Gasteiger partial charge in [0, 0.05) is 15.6 Å². The second-order valence-electron chi connectivity index (χ2n) is 7.01. The minimum atomic E-state index is -0.422. The molecular weight excluding hydrogens is 461 g/mol. The number of benzene rings is 3. The van der Waals surface area contributed by atoms with Crippen molar-refractivity contribution in [2.24, 2.45) is 0 Å². The van der Waals surface area contributed by atoms with Gasteiger partial charge in [0.15, 0.2) is 11.6 Å². The fourth-order valence-corrected chi connectivity index (χ4v) is 3.80. The number of aromatic nitrogens is 4. The topological polar surface area (TPSA) is 72.2 Å². The molecule has 6 nitrogen and oxygen atoms in total. The van der Waals surface area contributed by atoms with Crippen LogP contribution < -0.4 is 5.32 Å². The van der Waals surface area contributed by atoms with Gasteiger partial charge in [-0.3, -0.25) is 9.20 Å².